The lowest BCUT2D eigenvalue weighted by Crippen LogP contribution is -2.04. The Hall–Kier alpha value is -1.53. The molecule has 2 N–H and O–H groups in total. The van der Waals surface area contributed by atoms with Gasteiger partial charge >= 0.3 is 6.61 Å². The predicted octanol–water partition coefficient (Wildman–Crippen LogP) is 4.21. The van der Waals surface area contributed by atoms with Crippen molar-refractivity contribution in [2.75, 3.05) is 5.73 Å². The smallest absolute Gasteiger partial charge is 0.387 e. The molecule has 20 heavy (non-hydrogen) atoms. The van der Waals surface area contributed by atoms with Crippen molar-refractivity contribution >= 4 is 29.2 Å². The van der Waals surface area contributed by atoms with Gasteiger partial charge in [-0.05, 0) is 30.3 Å². The van der Waals surface area contributed by atoms with Crippen LogP contribution in [0.2, 0.25) is 5.02 Å². The minimum Gasteiger partial charge on any atom is -0.435 e. The Morgan fingerprint density at radius 1 is 1.30 bits per heavy atom. The molecular formula is C13H11ClF2N2OS. The largest absolute Gasteiger partial charge is 0.435 e. The molecular weight excluding hydrogens is 306 g/mol. The predicted molar refractivity (Wildman–Crippen MR) is 76.3 cm³/mol. The van der Waals surface area contributed by atoms with Crippen molar-refractivity contribution in [1.29, 1.82) is 0 Å². The first-order valence-electron chi connectivity index (χ1n) is 5.62. The molecule has 0 spiro atoms. The summed E-state index contributed by atoms with van der Waals surface area (Å²) >= 11 is 7.31. The number of hydrogen-bond acceptors (Lipinski definition) is 4. The molecule has 2 rings (SSSR count). The highest BCUT2D eigenvalue weighted by Gasteiger charge is 2.10. The van der Waals surface area contributed by atoms with Gasteiger partial charge in [-0.25, -0.2) is 4.98 Å². The Labute approximate surface area is 124 Å². The number of benzene rings is 1. The van der Waals surface area contributed by atoms with Gasteiger partial charge in [0.1, 0.15) is 11.6 Å². The van der Waals surface area contributed by atoms with E-state index in [4.69, 9.17) is 17.3 Å². The van der Waals surface area contributed by atoms with Crippen molar-refractivity contribution in [3.63, 3.8) is 0 Å². The van der Waals surface area contributed by atoms with Gasteiger partial charge in [0, 0.05) is 27.4 Å². The summed E-state index contributed by atoms with van der Waals surface area (Å²) in [5.41, 5.74) is 6.09. The van der Waals surface area contributed by atoms with Crippen molar-refractivity contribution in [2.45, 2.75) is 17.3 Å². The van der Waals surface area contributed by atoms with Gasteiger partial charge in [0.2, 0.25) is 0 Å². The van der Waals surface area contributed by atoms with Crippen molar-refractivity contribution in [3.8, 4) is 5.75 Å². The van der Waals surface area contributed by atoms with Gasteiger partial charge in [0.05, 0.1) is 0 Å². The molecule has 1 aromatic heterocycles. The van der Waals surface area contributed by atoms with Crippen LogP contribution < -0.4 is 10.5 Å². The molecule has 7 heteroatoms. The fraction of sp³-hybridized carbons (Fsp3) is 0.154. The third-order valence-electron chi connectivity index (χ3n) is 2.39. The molecule has 0 aliphatic heterocycles. The van der Waals surface area contributed by atoms with E-state index in [0.29, 0.717) is 22.2 Å². The van der Waals surface area contributed by atoms with Crippen LogP contribution in [-0.2, 0) is 5.75 Å². The molecule has 0 amide bonds. The molecule has 0 radical (unpaired) electrons. The van der Waals surface area contributed by atoms with Gasteiger partial charge in [-0.2, -0.15) is 8.78 Å². The SMILES string of the molecule is Nc1ccc(SCc2cc(Cl)ccc2OC(F)F)cn1. The fourth-order valence-electron chi connectivity index (χ4n) is 1.51. The zero-order chi connectivity index (χ0) is 14.5. The lowest BCUT2D eigenvalue weighted by atomic mass is 10.2. The van der Waals surface area contributed by atoms with Gasteiger partial charge in [0.15, 0.2) is 0 Å². The molecule has 106 valence electrons. The maximum absolute atomic E-state index is 12.3. The van der Waals surface area contributed by atoms with Crippen LogP contribution in [0.25, 0.3) is 0 Å². The Balaban J connectivity index is 2.11. The second-order valence-electron chi connectivity index (χ2n) is 3.84. The Morgan fingerprint density at radius 3 is 2.75 bits per heavy atom. The minimum atomic E-state index is -2.86. The van der Waals surface area contributed by atoms with Gasteiger partial charge in [-0.15, -0.1) is 11.8 Å². The molecule has 0 fully saturated rings. The number of thioether (sulfide) groups is 1. The highest BCUT2D eigenvalue weighted by Crippen LogP contribution is 2.30. The molecule has 0 aliphatic carbocycles. The van der Waals surface area contributed by atoms with Crippen LogP contribution in [0.5, 0.6) is 5.75 Å². The molecule has 0 bridgehead atoms. The average Bonchev–Trinajstić information content (AvgIpc) is 2.40. The number of nitrogens with zero attached hydrogens (tertiary/aromatic N) is 1. The number of nitrogens with two attached hydrogens (primary N) is 1. The second kappa shape index (κ2) is 6.76. The third kappa shape index (κ3) is 4.25. The third-order valence-corrected chi connectivity index (χ3v) is 3.66. The first-order chi connectivity index (χ1) is 9.54. The first-order valence-corrected chi connectivity index (χ1v) is 6.98. The number of ether oxygens (including phenoxy) is 1. The standard InChI is InChI=1S/C13H11ClF2N2OS/c14-9-1-3-11(19-13(15)16)8(5-9)7-20-10-2-4-12(17)18-6-10/h1-6,13H,7H2,(H2,17,18). The summed E-state index contributed by atoms with van der Waals surface area (Å²) in [5.74, 6) is 0.993. The lowest BCUT2D eigenvalue weighted by molar-refractivity contribution is -0.0503. The quantitative estimate of drug-likeness (QED) is 0.839. The molecule has 1 aromatic carbocycles. The van der Waals surface area contributed by atoms with Gasteiger partial charge in [0.25, 0.3) is 0 Å². The van der Waals surface area contributed by atoms with E-state index < -0.39 is 6.61 Å². The van der Waals surface area contributed by atoms with E-state index >= 15 is 0 Å². The molecule has 0 aliphatic rings. The highest BCUT2D eigenvalue weighted by molar-refractivity contribution is 7.98. The lowest BCUT2D eigenvalue weighted by Gasteiger charge is -2.11. The maximum atomic E-state index is 12.3. The van der Waals surface area contributed by atoms with E-state index in [-0.39, 0.29) is 5.75 Å². The van der Waals surface area contributed by atoms with Gasteiger partial charge in [-0.1, -0.05) is 11.6 Å². The number of rotatable bonds is 5. The van der Waals surface area contributed by atoms with E-state index in [9.17, 15) is 8.78 Å². The number of hydrogen-bond donors (Lipinski definition) is 1. The monoisotopic (exact) mass is 316 g/mol. The summed E-state index contributed by atoms with van der Waals surface area (Å²) < 4.78 is 29.1. The van der Waals surface area contributed by atoms with E-state index in [0.717, 1.165) is 4.90 Å². The van der Waals surface area contributed by atoms with Gasteiger partial charge < -0.3 is 10.5 Å². The second-order valence-corrected chi connectivity index (χ2v) is 5.32. The zero-order valence-electron chi connectivity index (χ0n) is 10.2. The Morgan fingerprint density at radius 2 is 2.10 bits per heavy atom. The average molecular weight is 317 g/mol. The van der Waals surface area contributed by atoms with Crippen LogP contribution in [0, 0.1) is 0 Å². The first kappa shape index (κ1) is 14.9. The Bertz CT molecular complexity index is 581. The number of aromatic nitrogens is 1. The van der Waals surface area contributed by atoms with Crippen LogP contribution in [-0.4, -0.2) is 11.6 Å². The summed E-state index contributed by atoms with van der Waals surface area (Å²) in [4.78, 5) is 4.84. The van der Waals surface area contributed by atoms with Crippen LogP contribution in [0.15, 0.2) is 41.4 Å². The molecule has 3 nitrogen and oxygen atoms in total. The van der Waals surface area contributed by atoms with E-state index in [1.54, 1.807) is 18.3 Å². The summed E-state index contributed by atoms with van der Waals surface area (Å²) in [6, 6.07) is 8.04. The number of alkyl halides is 2. The molecule has 0 unspecified atom stereocenters. The van der Waals surface area contributed by atoms with Gasteiger partial charge in [-0.3, -0.25) is 0 Å². The summed E-state index contributed by atoms with van der Waals surface area (Å²) in [7, 11) is 0. The van der Waals surface area contributed by atoms with Crippen molar-refractivity contribution < 1.29 is 13.5 Å². The normalized spacial score (nSPS) is 10.8. The molecule has 0 atom stereocenters. The summed E-state index contributed by atoms with van der Waals surface area (Å²) in [6.07, 6.45) is 1.62. The summed E-state index contributed by atoms with van der Waals surface area (Å²) in [5, 5.41) is 0.470. The van der Waals surface area contributed by atoms with Crippen LogP contribution in [0.1, 0.15) is 5.56 Å². The van der Waals surface area contributed by atoms with Crippen LogP contribution in [0.3, 0.4) is 0 Å². The highest BCUT2D eigenvalue weighted by atomic mass is 35.5. The molecule has 1 heterocycles. The fourth-order valence-corrected chi connectivity index (χ4v) is 2.54. The summed E-state index contributed by atoms with van der Waals surface area (Å²) in [6.45, 7) is -2.86. The maximum Gasteiger partial charge on any atom is 0.387 e. The van der Waals surface area contributed by atoms with E-state index in [1.807, 2.05) is 6.07 Å². The van der Waals surface area contributed by atoms with Crippen molar-refractivity contribution in [3.05, 3.63) is 47.1 Å². The number of anilines is 1. The number of pyridine rings is 1. The van der Waals surface area contributed by atoms with E-state index in [2.05, 4.69) is 9.72 Å². The van der Waals surface area contributed by atoms with Crippen LogP contribution in [0.4, 0.5) is 14.6 Å². The van der Waals surface area contributed by atoms with E-state index in [1.165, 1.54) is 23.9 Å². The Kier molecular flexibility index (Phi) is 5.03. The number of nitrogen functional groups attached to an aromatic ring is 1. The van der Waals surface area contributed by atoms with Crippen molar-refractivity contribution in [1.82, 2.24) is 4.98 Å². The zero-order valence-corrected chi connectivity index (χ0v) is 11.8. The van der Waals surface area contributed by atoms with Crippen molar-refractivity contribution in [2.24, 2.45) is 0 Å². The van der Waals surface area contributed by atoms with Crippen LogP contribution >= 0.6 is 23.4 Å². The minimum absolute atomic E-state index is 0.125. The molecule has 0 saturated heterocycles. The number of halogens is 3. The topological polar surface area (TPSA) is 48.1 Å². The molecule has 2 aromatic rings. The molecule has 0 saturated carbocycles.